The van der Waals surface area contributed by atoms with Gasteiger partial charge in [0.15, 0.2) is 0 Å². The molecule has 1 heterocycles. The molecule has 2 aliphatic rings. The van der Waals surface area contributed by atoms with E-state index in [9.17, 15) is 18.0 Å². The molecule has 0 radical (unpaired) electrons. The maximum atomic E-state index is 12.9. The fourth-order valence-corrected chi connectivity index (χ4v) is 6.10. The van der Waals surface area contributed by atoms with Crippen LogP contribution in [0.5, 0.6) is 0 Å². The molecule has 1 aliphatic heterocycles. The van der Waals surface area contributed by atoms with E-state index in [0.717, 1.165) is 58.0 Å². The van der Waals surface area contributed by atoms with Crippen LogP contribution in [-0.2, 0) is 14.8 Å². The van der Waals surface area contributed by atoms with Crippen molar-refractivity contribution in [2.45, 2.75) is 62.3 Å². The van der Waals surface area contributed by atoms with Crippen molar-refractivity contribution in [3.8, 4) is 0 Å². The summed E-state index contributed by atoms with van der Waals surface area (Å²) in [4.78, 5) is 26.2. The third-order valence-electron chi connectivity index (χ3n) is 6.73. The normalized spacial score (nSPS) is 20.9. The van der Waals surface area contributed by atoms with E-state index in [-0.39, 0.29) is 28.7 Å². The molecule has 2 fully saturated rings. The first-order valence-corrected chi connectivity index (χ1v) is 13.1. The molecular formula is C23H36N4O4S. The van der Waals surface area contributed by atoms with E-state index in [1.165, 1.54) is 22.9 Å². The van der Waals surface area contributed by atoms with Crippen LogP contribution < -0.4 is 11.1 Å². The second-order valence-corrected chi connectivity index (χ2v) is 11.0. The predicted octanol–water partition coefficient (Wildman–Crippen LogP) is 1.96. The first-order valence-electron chi connectivity index (χ1n) is 11.7. The van der Waals surface area contributed by atoms with E-state index < -0.39 is 10.0 Å². The summed E-state index contributed by atoms with van der Waals surface area (Å²) in [5.41, 5.74) is 5.86. The molecule has 1 aliphatic carbocycles. The Morgan fingerprint density at radius 3 is 2.44 bits per heavy atom. The average molecular weight is 465 g/mol. The van der Waals surface area contributed by atoms with E-state index in [2.05, 4.69) is 10.2 Å². The van der Waals surface area contributed by atoms with Crippen molar-refractivity contribution in [1.82, 2.24) is 14.5 Å². The van der Waals surface area contributed by atoms with Gasteiger partial charge >= 0.3 is 0 Å². The third kappa shape index (κ3) is 6.30. The molecule has 0 spiro atoms. The molecule has 0 bridgehead atoms. The zero-order valence-corrected chi connectivity index (χ0v) is 19.8. The van der Waals surface area contributed by atoms with Crippen LogP contribution in [0.2, 0.25) is 0 Å². The van der Waals surface area contributed by atoms with Crippen molar-refractivity contribution in [3.63, 3.8) is 0 Å². The summed E-state index contributed by atoms with van der Waals surface area (Å²) in [6, 6.07) is 6.22. The van der Waals surface area contributed by atoms with Gasteiger partial charge in [-0.3, -0.25) is 9.59 Å². The number of nitrogens with two attached hydrogens (primary N) is 1. The number of carbonyl (C=O) groups excluding carboxylic acids is 2. The fourth-order valence-electron chi connectivity index (χ4n) is 4.68. The molecule has 0 aromatic heterocycles. The van der Waals surface area contributed by atoms with E-state index in [1.54, 1.807) is 19.2 Å². The van der Waals surface area contributed by atoms with E-state index >= 15 is 0 Å². The number of piperidine rings is 1. The minimum Gasteiger partial charge on any atom is -0.369 e. The molecule has 32 heavy (non-hydrogen) atoms. The van der Waals surface area contributed by atoms with Crippen LogP contribution in [0.3, 0.4) is 0 Å². The smallest absolute Gasteiger partial charge is 0.251 e. The largest absolute Gasteiger partial charge is 0.369 e. The predicted molar refractivity (Wildman–Crippen MR) is 124 cm³/mol. The van der Waals surface area contributed by atoms with Gasteiger partial charge in [0.1, 0.15) is 0 Å². The number of rotatable bonds is 9. The molecule has 3 N–H and O–H groups in total. The lowest BCUT2D eigenvalue weighted by Gasteiger charge is -2.31. The van der Waals surface area contributed by atoms with Gasteiger partial charge in [0.2, 0.25) is 15.9 Å². The Morgan fingerprint density at radius 1 is 1.09 bits per heavy atom. The minimum atomic E-state index is -3.56. The lowest BCUT2D eigenvalue weighted by Crippen LogP contribution is -2.42. The third-order valence-corrected chi connectivity index (χ3v) is 8.65. The van der Waals surface area contributed by atoms with E-state index in [0.29, 0.717) is 18.7 Å². The first-order chi connectivity index (χ1) is 15.3. The fraction of sp³-hybridized carbons (Fsp3) is 0.652. The maximum Gasteiger partial charge on any atom is 0.251 e. The highest BCUT2D eigenvalue weighted by Gasteiger charge is 2.29. The SMILES string of the molecule is CN(C1CCCCC1)S(=O)(=O)c1ccc(C(=O)NCCCN2CCCC(C(N)=O)C2)cc1. The molecule has 1 unspecified atom stereocenters. The van der Waals surface area contributed by atoms with Crippen LogP contribution in [0, 0.1) is 5.92 Å². The van der Waals surface area contributed by atoms with Gasteiger partial charge < -0.3 is 16.0 Å². The Balaban J connectivity index is 1.47. The van der Waals surface area contributed by atoms with Crippen LogP contribution in [0.4, 0.5) is 0 Å². The van der Waals surface area contributed by atoms with Crippen molar-refractivity contribution in [2.24, 2.45) is 11.7 Å². The highest BCUT2D eigenvalue weighted by molar-refractivity contribution is 7.89. The van der Waals surface area contributed by atoms with Crippen molar-refractivity contribution >= 4 is 21.8 Å². The zero-order chi connectivity index (χ0) is 23.1. The van der Waals surface area contributed by atoms with Gasteiger partial charge in [0, 0.05) is 31.7 Å². The number of primary amides is 1. The molecule has 1 aromatic rings. The van der Waals surface area contributed by atoms with Gasteiger partial charge in [-0.05, 0) is 69.5 Å². The number of amides is 2. The number of carbonyl (C=O) groups is 2. The zero-order valence-electron chi connectivity index (χ0n) is 19.0. The van der Waals surface area contributed by atoms with E-state index in [1.807, 2.05) is 0 Å². The number of sulfonamides is 1. The van der Waals surface area contributed by atoms with Crippen LogP contribution in [0.15, 0.2) is 29.2 Å². The Morgan fingerprint density at radius 2 is 1.78 bits per heavy atom. The van der Waals surface area contributed by atoms with Gasteiger partial charge in [-0.1, -0.05) is 19.3 Å². The number of hydrogen-bond donors (Lipinski definition) is 2. The van der Waals surface area contributed by atoms with Crippen LogP contribution in [0.25, 0.3) is 0 Å². The lowest BCUT2D eigenvalue weighted by atomic mass is 9.96. The van der Waals surface area contributed by atoms with E-state index in [4.69, 9.17) is 5.73 Å². The second kappa shape index (κ2) is 11.2. The highest BCUT2D eigenvalue weighted by Crippen LogP contribution is 2.26. The summed E-state index contributed by atoms with van der Waals surface area (Å²) < 4.78 is 27.4. The molecule has 8 nitrogen and oxygen atoms in total. The molecule has 1 aromatic carbocycles. The van der Waals surface area contributed by atoms with Crippen molar-refractivity contribution < 1.29 is 18.0 Å². The van der Waals surface area contributed by atoms with Gasteiger partial charge in [-0.15, -0.1) is 0 Å². The monoisotopic (exact) mass is 464 g/mol. The number of nitrogens with one attached hydrogen (secondary N) is 1. The number of benzene rings is 1. The lowest BCUT2D eigenvalue weighted by molar-refractivity contribution is -0.123. The number of nitrogens with zero attached hydrogens (tertiary/aromatic N) is 2. The Labute approximate surface area is 191 Å². The summed E-state index contributed by atoms with van der Waals surface area (Å²) in [6.07, 6.45) is 7.68. The van der Waals surface area contributed by atoms with Gasteiger partial charge in [-0.2, -0.15) is 4.31 Å². The topological polar surface area (TPSA) is 113 Å². The molecule has 2 amide bonds. The summed E-state index contributed by atoms with van der Waals surface area (Å²) in [5.74, 6) is -0.535. The van der Waals surface area contributed by atoms with Gasteiger partial charge in [0.05, 0.1) is 10.8 Å². The molecule has 9 heteroatoms. The Hall–Kier alpha value is -1.97. The quantitative estimate of drug-likeness (QED) is 0.543. The number of hydrogen-bond acceptors (Lipinski definition) is 5. The molecule has 1 saturated carbocycles. The first kappa shape index (κ1) is 24.7. The summed E-state index contributed by atoms with van der Waals surface area (Å²) >= 11 is 0. The van der Waals surface area contributed by atoms with Crippen LogP contribution in [-0.4, -0.2) is 68.7 Å². The van der Waals surface area contributed by atoms with Gasteiger partial charge in [-0.25, -0.2) is 8.42 Å². The highest BCUT2D eigenvalue weighted by atomic mass is 32.2. The molecular weight excluding hydrogens is 428 g/mol. The van der Waals surface area contributed by atoms with Gasteiger partial charge in [0.25, 0.3) is 5.91 Å². The van der Waals surface area contributed by atoms with Crippen LogP contribution in [0.1, 0.15) is 61.7 Å². The van der Waals surface area contributed by atoms with Crippen molar-refractivity contribution in [3.05, 3.63) is 29.8 Å². The molecule has 3 rings (SSSR count). The molecule has 1 atom stereocenters. The summed E-state index contributed by atoms with van der Waals surface area (Å²) in [6.45, 7) is 2.95. The Bertz CT molecular complexity index is 882. The maximum absolute atomic E-state index is 12.9. The second-order valence-electron chi connectivity index (χ2n) is 8.99. The molecule has 1 saturated heterocycles. The molecule has 178 valence electrons. The standard InChI is InChI=1S/C23H36N4O4S/c1-26(20-8-3-2-4-9-20)32(30,31)21-12-10-18(11-13-21)23(29)25-14-6-16-27-15-5-7-19(17-27)22(24)28/h10-13,19-20H,2-9,14-17H2,1H3,(H2,24,28)(H,25,29). The summed E-state index contributed by atoms with van der Waals surface area (Å²) in [5, 5.41) is 2.89. The average Bonchev–Trinajstić information content (AvgIpc) is 2.82. The Kier molecular flexibility index (Phi) is 8.67. The number of likely N-dealkylation sites (tertiary alicyclic amines) is 1. The summed E-state index contributed by atoms with van der Waals surface area (Å²) in [7, 11) is -1.91. The minimum absolute atomic E-state index is 0.0508. The van der Waals surface area contributed by atoms with Crippen molar-refractivity contribution in [1.29, 1.82) is 0 Å². The van der Waals surface area contributed by atoms with Crippen LogP contribution >= 0.6 is 0 Å². The van der Waals surface area contributed by atoms with Crippen molar-refractivity contribution in [2.75, 3.05) is 33.2 Å².